The molecule has 0 aliphatic carbocycles. The van der Waals surface area contributed by atoms with Crippen LogP contribution >= 0.6 is 0 Å². The van der Waals surface area contributed by atoms with Gasteiger partial charge < -0.3 is 15.4 Å². The highest BCUT2D eigenvalue weighted by atomic mass is 16.5. The molecule has 1 amide bonds. The van der Waals surface area contributed by atoms with Crippen LogP contribution in [0.2, 0.25) is 0 Å². The van der Waals surface area contributed by atoms with Gasteiger partial charge in [-0.3, -0.25) is 4.79 Å². The average Bonchev–Trinajstić information content (AvgIpc) is 2.90. The fourth-order valence-electron chi connectivity index (χ4n) is 3.84. The summed E-state index contributed by atoms with van der Waals surface area (Å²) in [5.41, 5.74) is 2.54. The molecular weight excluding hydrogens is 316 g/mol. The monoisotopic (exact) mass is 344 g/mol. The number of esters is 1. The highest BCUT2D eigenvalue weighted by Crippen LogP contribution is 2.41. The minimum Gasteiger partial charge on any atom is -0.464 e. The molecule has 0 spiro atoms. The van der Waals surface area contributed by atoms with E-state index in [4.69, 9.17) is 4.74 Å². The van der Waals surface area contributed by atoms with Crippen LogP contribution in [0.3, 0.4) is 0 Å². The molecule has 0 bridgehead atoms. The first-order valence-corrected chi connectivity index (χ1v) is 9.56. The van der Waals surface area contributed by atoms with Crippen LogP contribution in [0.5, 0.6) is 0 Å². The zero-order chi connectivity index (χ0) is 17.6. The van der Waals surface area contributed by atoms with Gasteiger partial charge >= 0.3 is 5.97 Å². The number of unbranched alkanes of at least 4 members (excludes halogenated alkanes) is 5. The number of hydrogen-bond acceptors (Lipinski definition) is 4. The largest absolute Gasteiger partial charge is 0.464 e. The molecule has 2 atom stereocenters. The first-order valence-electron chi connectivity index (χ1n) is 9.56. The van der Waals surface area contributed by atoms with Crippen LogP contribution in [0.15, 0.2) is 18.2 Å². The van der Waals surface area contributed by atoms with Gasteiger partial charge in [-0.1, -0.05) is 45.1 Å². The molecule has 0 radical (unpaired) electrons. The van der Waals surface area contributed by atoms with Gasteiger partial charge in [-0.15, -0.1) is 0 Å². The molecule has 1 aromatic rings. The van der Waals surface area contributed by atoms with Crippen molar-refractivity contribution in [3.05, 3.63) is 29.3 Å². The van der Waals surface area contributed by atoms with Crippen LogP contribution in [0, 0.1) is 0 Å². The van der Waals surface area contributed by atoms with Gasteiger partial charge in [-0.05, 0) is 30.5 Å². The summed E-state index contributed by atoms with van der Waals surface area (Å²) in [4.78, 5) is 24.7. The van der Waals surface area contributed by atoms with E-state index in [1.807, 2.05) is 18.2 Å². The van der Waals surface area contributed by atoms with Crippen LogP contribution in [0.4, 0.5) is 5.69 Å². The molecule has 0 fully saturated rings. The normalized spacial score (nSPS) is 21.1. The number of carbonyl (C=O) groups is 2. The lowest BCUT2D eigenvalue weighted by Gasteiger charge is -2.18. The Balaban J connectivity index is 1.55. The van der Waals surface area contributed by atoms with Crippen molar-refractivity contribution >= 4 is 17.6 Å². The van der Waals surface area contributed by atoms with Crippen molar-refractivity contribution in [2.24, 2.45) is 0 Å². The van der Waals surface area contributed by atoms with Gasteiger partial charge in [-0.25, -0.2) is 4.79 Å². The predicted octanol–water partition coefficient (Wildman–Crippen LogP) is 3.60. The Hall–Kier alpha value is -2.04. The number of ether oxygens (including phenoxy) is 1. The van der Waals surface area contributed by atoms with Crippen LogP contribution in [-0.4, -0.2) is 31.1 Å². The summed E-state index contributed by atoms with van der Waals surface area (Å²) in [7, 11) is 0. The number of anilines is 1. The van der Waals surface area contributed by atoms with E-state index in [2.05, 4.69) is 17.6 Å². The first-order chi connectivity index (χ1) is 12.2. The smallest absolute Gasteiger partial charge is 0.329 e. The zero-order valence-corrected chi connectivity index (χ0v) is 15.0. The third-order valence-electron chi connectivity index (χ3n) is 5.17. The molecule has 5 heteroatoms. The minimum absolute atomic E-state index is 0.00204. The van der Waals surface area contributed by atoms with Crippen molar-refractivity contribution in [1.82, 2.24) is 5.32 Å². The summed E-state index contributed by atoms with van der Waals surface area (Å²) < 4.78 is 5.52. The minimum atomic E-state index is -0.385. The Morgan fingerprint density at radius 3 is 2.84 bits per heavy atom. The zero-order valence-electron chi connectivity index (χ0n) is 15.0. The molecule has 5 nitrogen and oxygen atoms in total. The van der Waals surface area contributed by atoms with E-state index >= 15 is 0 Å². The van der Waals surface area contributed by atoms with Gasteiger partial charge in [0.15, 0.2) is 0 Å². The van der Waals surface area contributed by atoms with E-state index in [0.29, 0.717) is 18.7 Å². The maximum absolute atomic E-state index is 12.6. The van der Waals surface area contributed by atoms with Crippen molar-refractivity contribution in [3.8, 4) is 0 Å². The summed E-state index contributed by atoms with van der Waals surface area (Å²) in [6.07, 6.45) is 7.76. The van der Waals surface area contributed by atoms with Crippen molar-refractivity contribution < 1.29 is 14.3 Å². The first kappa shape index (κ1) is 17.8. The lowest BCUT2D eigenvalue weighted by molar-refractivity contribution is -0.145. The highest BCUT2D eigenvalue weighted by Gasteiger charge is 2.41. The van der Waals surface area contributed by atoms with Crippen molar-refractivity contribution in [2.45, 2.75) is 63.8 Å². The molecule has 1 aromatic carbocycles. The molecule has 2 unspecified atom stereocenters. The van der Waals surface area contributed by atoms with Gasteiger partial charge in [0, 0.05) is 23.7 Å². The summed E-state index contributed by atoms with van der Waals surface area (Å²) in [6, 6.07) is 5.24. The summed E-state index contributed by atoms with van der Waals surface area (Å²) in [5.74, 6) is -0.250. The lowest BCUT2D eigenvalue weighted by atomic mass is 9.89. The van der Waals surface area contributed by atoms with Crippen LogP contribution < -0.4 is 10.6 Å². The quantitative estimate of drug-likeness (QED) is 0.558. The van der Waals surface area contributed by atoms with Crippen LogP contribution in [0.25, 0.3) is 0 Å². The molecular formula is C20H28N2O3. The Bertz CT molecular complexity index is 629. The standard InChI is InChI=1S/C20H28N2O3/c1-2-3-4-5-6-7-13-25-20(24)18-14-11-12-21-19(23)15-9-8-10-16(22-18)17(14)15/h8-10,14,18,22H,2-7,11-13H2,1H3,(H,21,23). The molecule has 2 heterocycles. The fourth-order valence-corrected chi connectivity index (χ4v) is 3.84. The highest BCUT2D eigenvalue weighted by molar-refractivity contribution is 5.99. The molecule has 0 aromatic heterocycles. The Morgan fingerprint density at radius 1 is 1.20 bits per heavy atom. The van der Waals surface area contributed by atoms with E-state index < -0.39 is 0 Å². The van der Waals surface area contributed by atoms with E-state index in [0.717, 1.165) is 30.5 Å². The van der Waals surface area contributed by atoms with Gasteiger partial charge in [0.05, 0.1) is 6.61 Å². The lowest BCUT2D eigenvalue weighted by Crippen LogP contribution is -2.33. The Kier molecular flexibility index (Phi) is 5.95. The third-order valence-corrected chi connectivity index (χ3v) is 5.17. The van der Waals surface area contributed by atoms with E-state index in [1.54, 1.807) is 0 Å². The van der Waals surface area contributed by atoms with Gasteiger partial charge in [0.2, 0.25) is 0 Å². The second-order valence-corrected chi connectivity index (χ2v) is 6.98. The van der Waals surface area contributed by atoms with Gasteiger partial charge in [-0.2, -0.15) is 0 Å². The Morgan fingerprint density at radius 2 is 2.00 bits per heavy atom. The number of rotatable bonds is 8. The van der Waals surface area contributed by atoms with Crippen LogP contribution in [-0.2, 0) is 9.53 Å². The summed E-state index contributed by atoms with van der Waals surface area (Å²) in [6.45, 7) is 3.27. The number of carbonyl (C=O) groups excluding carboxylic acids is 2. The number of nitrogens with one attached hydrogen (secondary N) is 2. The van der Waals surface area contributed by atoms with Crippen molar-refractivity contribution in [3.63, 3.8) is 0 Å². The second-order valence-electron chi connectivity index (χ2n) is 6.98. The average molecular weight is 344 g/mol. The predicted molar refractivity (Wildman–Crippen MR) is 97.9 cm³/mol. The molecule has 136 valence electrons. The van der Waals surface area contributed by atoms with Crippen LogP contribution in [0.1, 0.15) is 73.7 Å². The molecule has 2 aliphatic rings. The van der Waals surface area contributed by atoms with Crippen molar-refractivity contribution in [2.75, 3.05) is 18.5 Å². The molecule has 25 heavy (non-hydrogen) atoms. The van der Waals surface area contributed by atoms with E-state index in [-0.39, 0.29) is 23.8 Å². The van der Waals surface area contributed by atoms with E-state index in [1.165, 1.54) is 25.7 Å². The maximum Gasteiger partial charge on any atom is 0.329 e. The summed E-state index contributed by atoms with van der Waals surface area (Å²) in [5, 5.41) is 6.19. The summed E-state index contributed by atoms with van der Waals surface area (Å²) >= 11 is 0. The van der Waals surface area contributed by atoms with Crippen molar-refractivity contribution in [1.29, 1.82) is 0 Å². The molecule has 0 saturated carbocycles. The number of benzene rings is 1. The SMILES string of the molecule is CCCCCCCCOC(=O)C1Nc2cccc3c2C1CCNC3=O. The van der Waals surface area contributed by atoms with E-state index in [9.17, 15) is 9.59 Å². The third kappa shape index (κ3) is 3.97. The number of hydrogen-bond donors (Lipinski definition) is 2. The topological polar surface area (TPSA) is 67.4 Å². The maximum atomic E-state index is 12.6. The molecule has 2 aliphatic heterocycles. The second kappa shape index (κ2) is 8.37. The molecule has 2 N–H and O–H groups in total. The molecule has 0 saturated heterocycles. The fraction of sp³-hybridized carbons (Fsp3) is 0.600. The number of amides is 1. The molecule has 3 rings (SSSR count). The Labute approximate surface area is 149 Å². The van der Waals surface area contributed by atoms with Gasteiger partial charge in [0.25, 0.3) is 5.91 Å². The van der Waals surface area contributed by atoms with Gasteiger partial charge in [0.1, 0.15) is 6.04 Å².